The van der Waals surface area contributed by atoms with E-state index in [2.05, 4.69) is 16.0 Å². The summed E-state index contributed by atoms with van der Waals surface area (Å²) in [6.45, 7) is 2.95. The molecular weight excluding hydrogens is 216 g/mol. The molecule has 0 radical (unpaired) electrons. The lowest BCUT2D eigenvalue weighted by Gasteiger charge is -2.23. The van der Waals surface area contributed by atoms with Crippen LogP contribution in [0.1, 0.15) is 25.8 Å². The van der Waals surface area contributed by atoms with Gasteiger partial charge in [-0.25, -0.2) is 9.67 Å². The first-order valence-corrected chi connectivity index (χ1v) is 5.78. The molecule has 0 bridgehead atoms. The van der Waals surface area contributed by atoms with Crippen LogP contribution in [0.25, 0.3) is 0 Å². The van der Waals surface area contributed by atoms with Gasteiger partial charge in [0.1, 0.15) is 18.7 Å². The van der Waals surface area contributed by atoms with Crippen molar-refractivity contribution in [2.45, 2.75) is 25.8 Å². The highest BCUT2D eigenvalue weighted by atomic mass is 16.2. The molecule has 1 saturated carbocycles. The van der Waals surface area contributed by atoms with Gasteiger partial charge in [-0.3, -0.25) is 4.79 Å². The van der Waals surface area contributed by atoms with Gasteiger partial charge in [-0.05, 0) is 25.7 Å². The normalized spacial score (nSPS) is 16.2. The SMILES string of the molecule is C#CCN(CC1CC1)C(=O)C(C)n1cncn1. The predicted molar refractivity (Wildman–Crippen MR) is 62.9 cm³/mol. The second-order valence-electron chi connectivity index (χ2n) is 4.42. The van der Waals surface area contributed by atoms with Gasteiger partial charge < -0.3 is 4.90 Å². The fraction of sp³-hybridized carbons (Fsp3) is 0.583. The summed E-state index contributed by atoms with van der Waals surface area (Å²) >= 11 is 0. The Bertz CT molecular complexity index is 416. The fourth-order valence-corrected chi connectivity index (χ4v) is 1.75. The van der Waals surface area contributed by atoms with Gasteiger partial charge in [-0.1, -0.05) is 5.92 Å². The zero-order valence-corrected chi connectivity index (χ0v) is 9.91. The summed E-state index contributed by atoms with van der Waals surface area (Å²) < 4.78 is 1.55. The largest absolute Gasteiger partial charge is 0.329 e. The molecule has 0 saturated heterocycles. The quantitative estimate of drug-likeness (QED) is 0.703. The molecule has 2 rings (SSSR count). The molecule has 1 amide bonds. The number of amides is 1. The number of rotatable bonds is 5. The molecule has 1 aromatic heterocycles. The average Bonchev–Trinajstić information content (AvgIpc) is 2.97. The van der Waals surface area contributed by atoms with E-state index in [0.717, 1.165) is 6.54 Å². The Morgan fingerprint density at radius 3 is 3.00 bits per heavy atom. The van der Waals surface area contributed by atoms with Crippen molar-refractivity contribution in [3.8, 4) is 12.3 Å². The summed E-state index contributed by atoms with van der Waals surface area (Å²) in [6.07, 6.45) is 10.7. The molecule has 0 aromatic carbocycles. The van der Waals surface area contributed by atoms with Crippen LogP contribution in [0.5, 0.6) is 0 Å². The number of aromatic nitrogens is 3. The Kier molecular flexibility index (Phi) is 3.43. The number of carbonyl (C=O) groups is 1. The van der Waals surface area contributed by atoms with Crippen LogP contribution in [0.3, 0.4) is 0 Å². The number of nitrogens with zero attached hydrogens (tertiary/aromatic N) is 4. The summed E-state index contributed by atoms with van der Waals surface area (Å²) in [7, 11) is 0. The third-order valence-corrected chi connectivity index (χ3v) is 2.96. The van der Waals surface area contributed by atoms with Gasteiger partial charge >= 0.3 is 0 Å². The average molecular weight is 232 g/mol. The molecule has 1 aliphatic carbocycles. The van der Waals surface area contributed by atoms with Crippen molar-refractivity contribution in [1.82, 2.24) is 19.7 Å². The molecule has 1 heterocycles. The minimum atomic E-state index is -0.343. The molecular formula is C12H16N4O. The number of hydrogen-bond acceptors (Lipinski definition) is 3. The van der Waals surface area contributed by atoms with Gasteiger partial charge in [-0.2, -0.15) is 5.10 Å². The highest BCUT2D eigenvalue weighted by Crippen LogP contribution is 2.30. The number of carbonyl (C=O) groups excluding carboxylic acids is 1. The molecule has 0 spiro atoms. The van der Waals surface area contributed by atoms with Crippen LogP contribution in [-0.2, 0) is 4.79 Å². The first kappa shape index (κ1) is 11.6. The third kappa shape index (κ3) is 2.84. The molecule has 90 valence electrons. The Hall–Kier alpha value is -1.83. The van der Waals surface area contributed by atoms with Crippen LogP contribution in [0.2, 0.25) is 0 Å². The van der Waals surface area contributed by atoms with Gasteiger partial charge in [0.25, 0.3) is 0 Å². The second-order valence-corrected chi connectivity index (χ2v) is 4.42. The Morgan fingerprint density at radius 1 is 1.71 bits per heavy atom. The lowest BCUT2D eigenvalue weighted by atomic mass is 10.2. The van der Waals surface area contributed by atoms with Crippen molar-refractivity contribution in [1.29, 1.82) is 0 Å². The molecule has 1 unspecified atom stereocenters. The molecule has 5 nitrogen and oxygen atoms in total. The van der Waals surface area contributed by atoms with Crippen molar-refractivity contribution < 1.29 is 4.79 Å². The number of hydrogen-bond donors (Lipinski definition) is 0. The summed E-state index contributed by atoms with van der Waals surface area (Å²) in [6, 6.07) is -0.343. The van der Waals surface area contributed by atoms with Gasteiger partial charge in [0.05, 0.1) is 6.54 Å². The van der Waals surface area contributed by atoms with Gasteiger partial charge in [0, 0.05) is 6.54 Å². The van der Waals surface area contributed by atoms with E-state index in [1.807, 2.05) is 6.92 Å². The van der Waals surface area contributed by atoms with E-state index in [-0.39, 0.29) is 11.9 Å². The van der Waals surface area contributed by atoms with Crippen LogP contribution in [0, 0.1) is 18.3 Å². The Morgan fingerprint density at radius 2 is 2.47 bits per heavy atom. The van der Waals surface area contributed by atoms with E-state index < -0.39 is 0 Å². The predicted octanol–water partition coefficient (Wildman–Crippen LogP) is 0.711. The summed E-state index contributed by atoms with van der Waals surface area (Å²) in [5, 5.41) is 3.98. The molecule has 0 aliphatic heterocycles. The van der Waals surface area contributed by atoms with Crippen LogP contribution < -0.4 is 0 Å². The van der Waals surface area contributed by atoms with E-state index in [1.54, 1.807) is 15.9 Å². The highest BCUT2D eigenvalue weighted by molar-refractivity contribution is 5.80. The smallest absolute Gasteiger partial charge is 0.248 e. The Balaban J connectivity index is 2.01. The zero-order valence-electron chi connectivity index (χ0n) is 9.91. The van der Waals surface area contributed by atoms with E-state index in [9.17, 15) is 4.79 Å². The minimum absolute atomic E-state index is 0.0142. The minimum Gasteiger partial charge on any atom is -0.329 e. The molecule has 5 heteroatoms. The topological polar surface area (TPSA) is 51.0 Å². The molecule has 1 aliphatic rings. The second kappa shape index (κ2) is 5.00. The molecule has 1 atom stereocenters. The van der Waals surface area contributed by atoms with E-state index in [1.165, 1.54) is 19.2 Å². The maximum atomic E-state index is 12.2. The fourth-order valence-electron chi connectivity index (χ4n) is 1.75. The van der Waals surface area contributed by atoms with Crippen molar-refractivity contribution in [3.63, 3.8) is 0 Å². The maximum absolute atomic E-state index is 12.2. The highest BCUT2D eigenvalue weighted by Gasteiger charge is 2.29. The zero-order chi connectivity index (χ0) is 12.3. The van der Waals surface area contributed by atoms with Gasteiger partial charge in [0.2, 0.25) is 5.91 Å². The Labute approximate surface area is 101 Å². The van der Waals surface area contributed by atoms with Gasteiger partial charge in [0.15, 0.2) is 0 Å². The van der Waals surface area contributed by atoms with Crippen molar-refractivity contribution in [2.24, 2.45) is 5.92 Å². The summed E-state index contributed by atoms with van der Waals surface area (Å²) in [5.74, 6) is 3.19. The molecule has 0 N–H and O–H groups in total. The van der Waals surface area contributed by atoms with Crippen LogP contribution in [-0.4, -0.2) is 38.7 Å². The summed E-state index contributed by atoms with van der Waals surface area (Å²) in [5.41, 5.74) is 0. The molecule has 17 heavy (non-hydrogen) atoms. The number of terminal acetylenes is 1. The van der Waals surface area contributed by atoms with Crippen LogP contribution >= 0.6 is 0 Å². The standard InChI is InChI=1S/C12H16N4O/c1-3-6-15(7-11-4-5-11)12(17)10(2)16-9-13-8-14-16/h1,8-11H,4-7H2,2H3. The van der Waals surface area contributed by atoms with E-state index in [0.29, 0.717) is 12.5 Å². The van der Waals surface area contributed by atoms with E-state index >= 15 is 0 Å². The monoisotopic (exact) mass is 232 g/mol. The summed E-state index contributed by atoms with van der Waals surface area (Å²) in [4.78, 5) is 17.8. The van der Waals surface area contributed by atoms with Crippen molar-refractivity contribution in [3.05, 3.63) is 12.7 Å². The lowest BCUT2D eigenvalue weighted by molar-refractivity contribution is -0.134. The van der Waals surface area contributed by atoms with Crippen LogP contribution in [0.4, 0.5) is 0 Å². The molecule has 1 fully saturated rings. The lowest BCUT2D eigenvalue weighted by Crippen LogP contribution is -2.38. The molecule has 1 aromatic rings. The van der Waals surface area contributed by atoms with Crippen molar-refractivity contribution in [2.75, 3.05) is 13.1 Å². The van der Waals surface area contributed by atoms with E-state index in [4.69, 9.17) is 6.42 Å². The first-order valence-electron chi connectivity index (χ1n) is 5.78. The third-order valence-electron chi connectivity index (χ3n) is 2.96. The van der Waals surface area contributed by atoms with Gasteiger partial charge in [-0.15, -0.1) is 6.42 Å². The van der Waals surface area contributed by atoms with Crippen LogP contribution in [0.15, 0.2) is 12.7 Å². The maximum Gasteiger partial charge on any atom is 0.248 e. The first-order chi connectivity index (χ1) is 8.22. The van der Waals surface area contributed by atoms with Crippen molar-refractivity contribution >= 4 is 5.91 Å².